The standard InChI is InChI=1S/C10H15FN2/c1-13-6-2-3-8-7-9(11)4-5-10(8)12/h4-5,7,13H,2-3,6,12H2,1H3. The molecule has 1 aromatic carbocycles. The molecule has 3 N–H and O–H groups in total. The highest BCUT2D eigenvalue weighted by Crippen LogP contribution is 2.14. The second-order valence-electron chi connectivity index (χ2n) is 3.05. The van der Waals surface area contributed by atoms with E-state index in [2.05, 4.69) is 5.32 Å². The summed E-state index contributed by atoms with van der Waals surface area (Å²) in [6.07, 6.45) is 1.80. The molecule has 0 aliphatic carbocycles. The molecule has 0 aliphatic rings. The van der Waals surface area contributed by atoms with Crippen LogP contribution >= 0.6 is 0 Å². The van der Waals surface area contributed by atoms with Crippen molar-refractivity contribution in [3.8, 4) is 0 Å². The van der Waals surface area contributed by atoms with Gasteiger partial charge in [-0.3, -0.25) is 0 Å². The van der Waals surface area contributed by atoms with Crippen LogP contribution < -0.4 is 11.1 Å². The van der Waals surface area contributed by atoms with Gasteiger partial charge >= 0.3 is 0 Å². The van der Waals surface area contributed by atoms with Crippen LogP contribution in [0.5, 0.6) is 0 Å². The van der Waals surface area contributed by atoms with E-state index in [-0.39, 0.29) is 5.82 Å². The molecule has 0 amide bonds. The maximum Gasteiger partial charge on any atom is 0.123 e. The van der Waals surface area contributed by atoms with Gasteiger partial charge in [-0.2, -0.15) is 0 Å². The fourth-order valence-corrected chi connectivity index (χ4v) is 1.25. The third-order valence-corrected chi connectivity index (χ3v) is 1.98. The summed E-state index contributed by atoms with van der Waals surface area (Å²) < 4.78 is 12.8. The number of rotatable bonds is 4. The Morgan fingerprint density at radius 3 is 2.92 bits per heavy atom. The van der Waals surface area contributed by atoms with E-state index in [0.717, 1.165) is 24.9 Å². The van der Waals surface area contributed by atoms with Crippen molar-refractivity contribution in [3.63, 3.8) is 0 Å². The maximum absolute atomic E-state index is 12.8. The lowest BCUT2D eigenvalue weighted by Crippen LogP contribution is -2.09. The van der Waals surface area contributed by atoms with Crippen LogP contribution in [0.25, 0.3) is 0 Å². The Labute approximate surface area is 77.9 Å². The molecule has 0 aliphatic heterocycles. The predicted molar refractivity (Wildman–Crippen MR) is 53.1 cm³/mol. The Morgan fingerprint density at radius 1 is 1.46 bits per heavy atom. The molecular weight excluding hydrogens is 167 g/mol. The van der Waals surface area contributed by atoms with Crippen molar-refractivity contribution in [3.05, 3.63) is 29.6 Å². The lowest BCUT2D eigenvalue weighted by atomic mass is 10.1. The smallest absolute Gasteiger partial charge is 0.123 e. The Bertz CT molecular complexity index is 274. The minimum atomic E-state index is -0.214. The van der Waals surface area contributed by atoms with Gasteiger partial charge in [-0.05, 0) is 50.2 Å². The summed E-state index contributed by atoms with van der Waals surface area (Å²) in [5, 5.41) is 3.04. The molecule has 1 aromatic rings. The molecule has 0 saturated heterocycles. The SMILES string of the molecule is CNCCCc1cc(F)ccc1N. The molecule has 0 aromatic heterocycles. The summed E-state index contributed by atoms with van der Waals surface area (Å²) in [6, 6.07) is 4.51. The van der Waals surface area contributed by atoms with Crippen molar-refractivity contribution in [1.29, 1.82) is 0 Å². The van der Waals surface area contributed by atoms with Gasteiger partial charge in [-0.15, -0.1) is 0 Å². The number of halogens is 1. The molecule has 72 valence electrons. The van der Waals surface area contributed by atoms with Gasteiger partial charge < -0.3 is 11.1 Å². The average molecular weight is 182 g/mol. The fourth-order valence-electron chi connectivity index (χ4n) is 1.25. The number of anilines is 1. The van der Waals surface area contributed by atoms with Crippen LogP contribution in [0.1, 0.15) is 12.0 Å². The van der Waals surface area contributed by atoms with Gasteiger partial charge in [0, 0.05) is 5.69 Å². The Morgan fingerprint density at radius 2 is 2.23 bits per heavy atom. The largest absolute Gasteiger partial charge is 0.399 e. The van der Waals surface area contributed by atoms with Crippen molar-refractivity contribution in [2.75, 3.05) is 19.3 Å². The molecule has 1 rings (SSSR count). The van der Waals surface area contributed by atoms with Gasteiger partial charge in [0.15, 0.2) is 0 Å². The maximum atomic E-state index is 12.8. The second-order valence-corrected chi connectivity index (χ2v) is 3.05. The lowest BCUT2D eigenvalue weighted by molar-refractivity contribution is 0.624. The van der Waals surface area contributed by atoms with Crippen LogP contribution in [0.15, 0.2) is 18.2 Å². The molecule has 3 heteroatoms. The molecule has 0 heterocycles. The summed E-state index contributed by atoms with van der Waals surface area (Å²) in [5.41, 5.74) is 7.26. The topological polar surface area (TPSA) is 38.0 Å². The summed E-state index contributed by atoms with van der Waals surface area (Å²) >= 11 is 0. The quantitative estimate of drug-likeness (QED) is 0.548. The van der Waals surface area contributed by atoms with Gasteiger partial charge in [-0.25, -0.2) is 4.39 Å². The molecule has 0 bridgehead atoms. The molecule has 0 radical (unpaired) electrons. The first-order chi connectivity index (χ1) is 6.24. The van der Waals surface area contributed by atoms with Gasteiger partial charge in [0.25, 0.3) is 0 Å². The van der Waals surface area contributed by atoms with Gasteiger partial charge in [-0.1, -0.05) is 0 Å². The third-order valence-electron chi connectivity index (χ3n) is 1.98. The zero-order chi connectivity index (χ0) is 9.68. The summed E-state index contributed by atoms with van der Waals surface area (Å²) in [4.78, 5) is 0. The van der Waals surface area contributed by atoms with E-state index in [1.54, 1.807) is 6.07 Å². The molecular formula is C10H15FN2. The van der Waals surface area contributed by atoms with E-state index < -0.39 is 0 Å². The zero-order valence-electron chi connectivity index (χ0n) is 7.81. The number of nitrogens with two attached hydrogens (primary N) is 1. The van der Waals surface area contributed by atoms with E-state index in [0.29, 0.717) is 5.69 Å². The Hall–Kier alpha value is -1.09. The van der Waals surface area contributed by atoms with Crippen molar-refractivity contribution >= 4 is 5.69 Å². The zero-order valence-corrected chi connectivity index (χ0v) is 7.81. The van der Waals surface area contributed by atoms with Crippen LogP contribution in [0, 0.1) is 5.82 Å². The van der Waals surface area contributed by atoms with Crippen LogP contribution in [-0.2, 0) is 6.42 Å². The summed E-state index contributed by atoms with van der Waals surface area (Å²) in [5.74, 6) is -0.214. The van der Waals surface area contributed by atoms with Crippen molar-refractivity contribution in [2.24, 2.45) is 0 Å². The highest BCUT2D eigenvalue weighted by atomic mass is 19.1. The molecule has 2 nitrogen and oxygen atoms in total. The summed E-state index contributed by atoms with van der Waals surface area (Å²) in [7, 11) is 1.90. The highest BCUT2D eigenvalue weighted by Gasteiger charge is 2.00. The number of nitrogens with one attached hydrogen (secondary N) is 1. The highest BCUT2D eigenvalue weighted by molar-refractivity contribution is 5.46. The number of nitrogen functional groups attached to an aromatic ring is 1. The van der Waals surface area contributed by atoms with Gasteiger partial charge in [0.05, 0.1) is 0 Å². The van der Waals surface area contributed by atoms with Crippen molar-refractivity contribution < 1.29 is 4.39 Å². The first-order valence-corrected chi connectivity index (χ1v) is 4.42. The Balaban J connectivity index is 2.59. The van der Waals surface area contributed by atoms with Crippen LogP contribution in [-0.4, -0.2) is 13.6 Å². The normalized spacial score (nSPS) is 10.3. The van der Waals surface area contributed by atoms with Crippen molar-refractivity contribution in [1.82, 2.24) is 5.32 Å². The monoisotopic (exact) mass is 182 g/mol. The van der Waals surface area contributed by atoms with Crippen molar-refractivity contribution in [2.45, 2.75) is 12.8 Å². The molecule has 0 fully saturated rings. The predicted octanol–water partition coefficient (Wildman–Crippen LogP) is 1.56. The second kappa shape index (κ2) is 4.82. The minimum Gasteiger partial charge on any atom is -0.399 e. The molecule has 0 unspecified atom stereocenters. The number of hydrogen-bond donors (Lipinski definition) is 2. The Kier molecular flexibility index (Phi) is 3.71. The fraction of sp³-hybridized carbons (Fsp3) is 0.400. The van der Waals surface area contributed by atoms with E-state index >= 15 is 0 Å². The minimum absolute atomic E-state index is 0.214. The van der Waals surface area contributed by atoms with E-state index in [1.165, 1.54) is 12.1 Å². The van der Waals surface area contributed by atoms with E-state index in [1.807, 2.05) is 7.05 Å². The average Bonchev–Trinajstić information content (AvgIpc) is 2.11. The number of aryl methyl sites for hydroxylation is 1. The summed E-state index contributed by atoms with van der Waals surface area (Å²) in [6.45, 7) is 0.927. The van der Waals surface area contributed by atoms with Crippen LogP contribution in [0.3, 0.4) is 0 Å². The lowest BCUT2D eigenvalue weighted by Gasteiger charge is -2.04. The van der Waals surface area contributed by atoms with Gasteiger partial charge in [0.2, 0.25) is 0 Å². The van der Waals surface area contributed by atoms with Crippen LogP contribution in [0.2, 0.25) is 0 Å². The van der Waals surface area contributed by atoms with E-state index in [9.17, 15) is 4.39 Å². The number of benzene rings is 1. The third kappa shape index (κ3) is 3.03. The molecule has 0 atom stereocenters. The van der Waals surface area contributed by atoms with Crippen LogP contribution in [0.4, 0.5) is 10.1 Å². The molecule has 0 saturated carbocycles. The number of hydrogen-bond acceptors (Lipinski definition) is 2. The van der Waals surface area contributed by atoms with Gasteiger partial charge in [0.1, 0.15) is 5.82 Å². The molecule has 0 spiro atoms. The first kappa shape index (κ1) is 9.99. The van der Waals surface area contributed by atoms with E-state index in [4.69, 9.17) is 5.73 Å². The molecule has 13 heavy (non-hydrogen) atoms. The first-order valence-electron chi connectivity index (χ1n) is 4.42.